The van der Waals surface area contributed by atoms with Gasteiger partial charge in [0.1, 0.15) is 6.04 Å². The zero-order valence-electron chi connectivity index (χ0n) is 6.52. The van der Waals surface area contributed by atoms with Crippen LogP contribution in [0.3, 0.4) is 0 Å². The topological polar surface area (TPSA) is 127 Å². The largest absolute Gasteiger partial charge is 0.550 e. The molecule has 3 N–H and O–H groups in total. The molecule has 0 radical (unpaired) electrons. The summed E-state index contributed by atoms with van der Waals surface area (Å²) in [6.45, 7) is 0. The van der Waals surface area contributed by atoms with E-state index in [0.29, 0.717) is 0 Å². The van der Waals surface area contributed by atoms with Crippen molar-refractivity contribution < 1.29 is 29.7 Å². The first-order valence-corrected chi connectivity index (χ1v) is 3.35. The summed E-state index contributed by atoms with van der Waals surface area (Å²) in [6.07, 6.45) is -2.34. The molecule has 13 heavy (non-hydrogen) atoms. The van der Waals surface area contributed by atoms with Crippen molar-refractivity contribution in [2.75, 3.05) is 0 Å². The van der Waals surface area contributed by atoms with Gasteiger partial charge in [-0.25, -0.2) is 9.59 Å². The van der Waals surface area contributed by atoms with E-state index in [4.69, 9.17) is 10.2 Å². The van der Waals surface area contributed by atoms with E-state index in [1.807, 2.05) is 0 Å². The molecule has 1 amide bonds. The third-order valence-corrected chi connectivity index (χ3v) is 1.23. The number of rotatable bonds is 5. The lowest BCUT2D eigenvalue weighted by molar-refractivity contribution is -0.305. The van der Waals surface area contributed by atoms with E-state index in [1.54, 1.807) is 5.32 Å². The first kappa shape index (κ1) is 11.2. The van der Waals surface area contributed by atoms with Crippen molar-refractivity contribution in [2.45, 2.75) is 18.9 Å². The van der Waals surface area contributed by atoms with Gasteiger partial charge in [-0.2, -0.15) is 0 Å². The van der Waals surface area contributed by atoms with Crippen LogP contribution in [0, 0.1) is 0 Å². The first-order valence-electron chi connectivity index (χ1n) is 3.35. The maximum absolute atomic E-state index is 10.3. The number of hydrogen-bond acceptors (Lipinski definition) is 4. The predicted molar refractivity (Wildman–Crippen MR) is 36.8 cm³/mol. The Kier molecular flexibility index (Phi) is 4.28. The van der Waals surface area contributed by atoms with Gasteiger partial charge in [0.05, 0.1) is 0 Å². The lowest BCUT2D eigenvalue weighted by Crippen LogP contribution is -2.41. The average Bonchev–Trinajstić information content (AvgIpc) is 1.96. The van der Waals surface area contributed by atoms with Gasteiger partial charge < -0.3 is 25.4 Å². The minimum atomic E-state index is -1.51. The molecule has 0 bridgehead atoms. The number of amides is 1. The Morgan fingerprint density at radius 3 is 2.15 bits per heavy atom. The second-order valence-electron chi connectivity index (χ2n) is 2.25. The molecule has 7 nitrogen and oxygen atoms in total. The lowest BCUT2D eigenvalue weighted by Gasteiger charge is -2.11. The van der Waals surface area contributed by atoms with Crippen LogP contribution in [-0.4, -0.2) is 34.3 Å². The van der Waals surface area contributed by atoms with Crippen molar-refractivity contribution >= 4 is 18.0 Å². The average molecular weight is 190 g/mol. The highest BCUT2D eigenvalue weighted by Gasteiger charge is 2.18. The molecule has 0 unspecified atom stereocenters. The summed E-state index contributed by atoms with van der Waals surface area (Å²) < 4.78 is 0. The summed E-state index contributed by atoms with van der Waals surface area (Å²) in [7, 11) is 0. The Morgan fingerprint density at radius 2 is 1.85 bits per heavy atom. The van der Waals surface area contributed by atoms with E-state index in [1.165, 1.54) is 0 Å². The van der Waals surface area contributed by atoms with E-state index in [0.717, 1.165) is 0 Å². The molecule has 0 saturated heterocycles. The zero-order valence-corrected chi connectivity index (χ0v) is 6.52. The van der Waals surface area contributed by atoms with Crippen LogP contribution in [0.15, 0.2) is 0 Å². The molecule has 0 aromatic carbocycles. The number of carbonyl (C=O) groups excluding carboxylic acids is 1. The molecule has 0 aliphatic carbocycles. The maximum atomic E-state index is 10.3. The highest BCUT2D eigenvalue weighted by molar-refractivity contribution is 5.79. The summed E-state index contributed by atoms with van der Waals surface area (Å²) >= 11 is 0. The number of carboxylic acids is 2. The highest BCUT2D eigenvalue weighted by atomic mass is 16.4. The van der Waals surface area contributed by atoms with Crippen LogP contribution in [0.2, 0.25) is 0 Å². The van der Waals surface area contributed by atoms with Crippen LogP contribution in [0.25, 0.3) is 0 Å². The van der Waals surface area contributed by atoms with Crippen molar-refractivity contribution in [2.24, 2.45) is 0 Å². The molecule has 0 heterocycles. The molecule has 0 aromatic rings. The monoisotopic (exact) mass is 190 g/mol. The van der Waals surface area contributed by atoms with Crippen molar-refractivity contribution in [3.05, 3.63) is 0 Å². The smallest absolute Gasteiger partial charge is 0.405 e. The summed E-state index contributed by atoms with van der Waals surface area (Å²) in [5, 5.41) is 28.1. The van der Waals surface area contributed by atoms with Crippen LogP contribution in [0.4, 0.5) is 4.79 Å². The fourth-order valence-electron chi connectivity index (χ4n) is 0.669. The van der Waals surface area contributed by atoms with Crippen molar-refractivity contribution in [1.82, 2.24) is 5.32 Å². The van der Waals surface area contributed by atoms with E-state index >= 15 is 0 Å². The standard InChI is InChI=1S/C6H9NO6/c8-4(9)2-1-3(5(10)11)7-6(12)13/h3,7H,1-2H2,(H,8,9)(H,10,11)(H,12,13)/p-1/t3-/m0/s1. The number of carbonyl (C=O) groups is 3. The Balaban J connectivity index is 4.02. The van der Waals surface area contributed by atoms with E-state index < -0.39 is 30.5 Å². The number of carboxylic acid groups (broad SMARTS) is 3. The van der Waals surface area contributed by atoms with E-state index in [9.17, 15) is 19.5 Å². The highest BCUT2D eigenvalue weighted by Crippen LogP contribution is 1.96. The van der Waals surface area contributed by atoms with E-state index in [-0.39, 0.29) is 6.42 Å². The predicted octanol–water partition coefficient (Wildman–Crippen LogP) is -1.76. The number of nitrogens with one attached hydrogen (secondary N) is 1. The normalized spacial score (nSPS) is 11.7. The minimum Gasteiger partial charge on any atom is -0.550 e. The molecular weight excluding hydrogens is 182 g/mol. The molecule has 0 fully saturated rings. The second kappa shape index (κ2) is 4.96. The third kappa shape index (κ3) is 5.48. The van der Waals surface area contributed by atoms with Crippen LogP contribution >= 0.6 is 0 Å². The lowest BCUT2D eigenvalue weighted by atomic mass is 10.1. The van der Waals surface area contributed by atoms with Gasteiger partial charge in [-0.15, -0.1) is 0 Å². The fourth-order valence-corrected chi connectivity index (χ4v) is 0.669. The van der Waals surface area contributed by atoms with Crippen molar-refractivity contribution in [3.63, 3.8) is 0 Å². The summed E-state index contributed by atoms with van der Waals surface area (Å²) in [6, 6.07) is -1.41. The summed E-state index contributed by atoms with van der Waals surface area (Å²) in [5.74, 6) is -2.83. The molecule has 0 aliphatic heterocycles. The van der Waals surface area contributed by atoms with Crippen LogP contribution in [-0.2, 0) is 9.59 Å². The quantitative estimate of drug-likeness (QED) is 0.471. The number of hydrogen-bond donors (Lipinski definition) is 3. The van der Waals surface area contributed by atoms with Crippen LogP contribution in [0.1, 0.15) is 12.8 Å². The SMILES string of the molecule is O=C([O-])CC[C@H](NC(=O)O)C(=O)O. The molecular formula is C6H8NO6-. The Bertz CT molecular complexity index is 225. The van der Waals surface area contributed by atoms with Gasteiger partial charge in [0.2, 0.25) is 0 Å². The molecule has 0 rings (SSSR count). The maximum Gasteiger partial charge on any atom is 0.405 e. The molecule has 74 valence electrons. The van der Waals surface area contributed by atoms with Gasteiger partial charge in [-0.3, -0.25) is 0 Å². The van der Waals surface area contributed by atoms with Gasteiger partial charge in [-0.1, -0.05) is 0 Å². The summed E-state index contributed by atoms with van der Waals surface area (Å²) in [5.41, 5.74) is 0. The molecule has 0 spiro atoms. The van der Waals surface area contributed by atoms with Crippen molar-refractivity contribution in [1.29, 1.82) is 0 Å². The third-order valence-electron chi connectivity index (χ3n) is 1.23. The zero-order chi connectivity index (χ0) is 10.4. The Hall–Kier alpha value is -1.79. The van der Waals surface area contributed by atoms with Gasteiger partial charge >= 0.3 is 12.1 Å². The molecule has 0 saturated carbocycles. The van der Waals surface area contributed by atoms with Gasteiger partial charge in [0, 0.05) is 5.97 Å². The van der Waals surface area contributed by atoms with Crippen LogP contribution in [0.5, 0.6) is 0 Å². The molecule has 0 aromatic heterocycles. The van der Waals surface area contributed by atoms with Crippen LogP contribution < -0.4 is 10.4 Å². The first-order chi connectivity index (χ1) is 5.93. The summed E-state index contributed by atoms with van der Waals surface area (Å²) in [4.78, 5) is 30.3. The number of aliphatic carboxylic acids is 2. The van der Waals surface area contributed by atoms with Gasteiger partial charge in [0.25, 0.3) is 0 Å². The van der Waals surface area contributed by atoms with E-state index in [2.05, 4.69) is 0 Å². The van der Waals surface area contributed by atoms with Gasteiger partial charge in [0.15, 0.2) is 0 Å². The van der Waals surface area contributed by atoms with Crippen molar-refractivity contribution in [3.8, 4) is 0 Å². The van der Waals surface area contributed by atoms with Gasteiger partial charge in [-0.05, 0) is 12.8 Å². The molecule has 7 heteroatoms. The minimum absolute atomic E-state index is 0.329. The molecule has 1 atom stereocenters. The fraction of sp³-hybridized carbons (Fsp3) is 0.500. The second-order valence-corrected chi connectivity index (χ2v) is 2.25. The molecule has 0 aliphatic rings. The Labute approximate surface area is 73.0 Å². The Morgan fingerprint density at radius 1 is 1.31 bits per heavy atom.